The van der Waals surface area contributed by atoms with E-state index in [1.165, 1.54) is 6.92 Å². The number of hydrogen-bond acceptors (Lipinski definition) is 6. The molecule has 1 aliphatic rings. The molecule has 26 heavy (non-hydrogen) atoms. The summed E-state index contributed by atoms with van der Waals surface area (Å²) in [5.74, 6) is -0.138. The van der Waals surface area contributed by atoms with Gasteiger partial charge < -0.3 is 14.5 Å². The fourth-order valence-electron chi connectivity index (χ4n) is 2.78. The summed E-state index contributed by atoms with van der Waals surface area (Å²) in [6.07, 6.45) is -0.555. The van der Waals surface area contributed by atoms with Gasteiger partial charge in [0, 0.05) is 28.2 Å². The Bertz CT molecular complexity index is 904. The first kappa shape index (κ1) is 18.2. The molecule has 0 aliphatic carbocycles. The van der Waals surface area contributed by atoms with Crippen LogP contribution >= 0.6 is 15.9 Å². The number of nitrogens with zero attached hydrogens (tertiary/aromatic N) is 1. The normalized spacial score (nSPS) is 15.8. The summed E-state index contributed by atoms with van der Waals surface area (Å²) in [6.45, 7) is 5.05. The van der Waals surface area contributed by atoms with E-state index in [0.29, 0.717) is 22.7 Å². The molecule has 0 saturated heterocycles. The summed E-state index contributed by atoms with van der Waals surface area (Å²) in [4.78, 5) is 27.0. The van der Waals surface area contributed by atoms with Crippen molar-refractivity contribution in [2.24, 2.45) is 5.10 Å². The molecule has 0 radical (unpaired) electrons. The van der Waals surface area contributed by atoms with Gasteiger partial charge >= 0.3 is 5.97 Å². The minimum absolute atomic E-state index is 0.0465. The number of esters is 1. The standard InChI is InChI=1S/C18H18BrN3O4/c1-9-15(17(24)12-5-4-6-13(19)7-12)10(2)20-16(9)18-22-21-14(26-18)8-25-11(3)23/h4-7,14,20-21H,8H2,1-3H3. The molecule has 2 N–H and O–H groups in total. The number of H-pyrrole nitrogens is 1. The number of hydrazone groups is 1. The molecule has 0 amide bonds. The van der Waals surface area contributed by atoms with E-state index in [9.17, 15) is 9.59 Å². The summed E-state index contributed by atoms with van der Waals surface area (Å²) < 4.78 is 11.4. The molecule has 136 valence electrons. The monoisotopic (exact) mass is 419 g/mol. The summed E-state index contributed by atoms with van der Waals surface area (Å²) in [5, 5.41) is 4.13. The third kappa shape index (κ3) is 3.65. The molecule has 3 rings (SSSR count). The number of ketones is 1. The van der Waals surface area contributed by atoms with Crippen molar-refractivity contribution in [3.8, 4) is 0 Å². The van der Waals surface area contributed by atoms with Crippen molar-refractivity contribution in [3.63, 3.8) is 0 Å². The lowest BCUT2D eigenvalue weighted by atomic mass is 10.00. The van der Waals surface area contributed by atoms with Crippen LogP contribution in [0, 0.1) is 13.8 Å². The van der Waals surface area contributed by atoms with E-state index in [1.807, 2.05) is 26.0 Å². The lowest BCUT2D eigenvalue weighted by Crippen LogP contribution is -2.28. The predicted octanol–water partition coefficient (Wildman–Crippen LogP) is 2.80. The molecule has 0 fully saturated rings. The van der Waals surface area contributed by atoms with Crippen molar-refractivity contribution in [2.45, 2.75) is 27.0 Å². The van der Waals surface area contributed by atoms with Gasteiger partial charge in [-0.2, -0.15) is 0 Å². The third-order valence-electron chi connectivity index (χ3n) is 3.97. The summed E-state index contributed by atoms with van der Waals surface area (Å²) in [6, 6.07) is 7.26. The van der Waals surface area contributed by atoms with Gasteiger partial charge in [-0.3, -0.25) is 15.0 Å². The first-order valence-corrected chi connectivity index (χ1v) is 8.79. The van der Waals surface area contributed by atoms with Crippen LogP contribution in [0.2, 0.25) is 0 Å². The van der Waals surface area contributed by atoms with E-state index in [1.54, 1.807) is 12.1 Å². The van der Waals surface area contributed by atoms with Crippen LogP contribution in [0.15, 0.2) is 33.8 Å². The minimum Gasteiger partial charge on any atom is -0.460 e. The molecule has 0 spiro atoms. The molecule has 1 aromatic heterocycles. The van der Waals surface area contributed by atoms with E-state index in [4.69, 9.17) is 9.47 Å². The van der Waals surface area contributed by atoms with Crippen molar-refractivity contribution in [3.05, 3.63) is 56.8 Å². The molecule has 1 aliphatic heterocycles. The Labute approximate surface area is 158 Å². The lowest BCUT2D eigenvalue weighted by Gasteiger charge is -2.10. The minimum atomic E-state index is -0.555. The van der Waals surface area contributed by atoms with Crippen LogP contribution in [-0.2, 0) is 14.3 Å². The number of nitrogens with one attached hydrogen (secondary N) is 2. The molecular weight excluding hydrogens is 402 g/mol. The second-order valence-corrected chi connectivity index (χ2v) is 6.84. The highest BCUT2D eigenvalue weighted by Crippen LogP contribution is 2.24. The number of aryl methyl sites for hydroxylation is 1. The first-order chi connectivity index (χ1) is 12.4. The molecule has 1 unspecified atom stereocenters. The van der Waals surface area contributed by atoms with Crippen LogP contribution in [0.4, 0.5) is 0 Å². The summed E-state index contributed by atoms with van der Waals surface area (Å²) in [7, 11) is 0. The summed E-state index contributed by atoms with van der Waals surface area (Å²) >= 11 is 3.39. The number of benzene rings is 1. The van der Waals surface area contributed by atoms with Crippen LogP contribution in [0.1, 0.15) is 39.8 Å². The van der Waals surface area contributed by atoms with Crippen LogP contribution in [-0.4, -0.2) is 35.5 Å². The first-order valence-electron chi connectivity index (χ1n) is 8.00. The van der Waals surface area contributed by atoms with Crippen LogP contribution < -0.4 is 5.43 Å². The van der Waals surface area contributed by atoms with Gasteiger partial charge in [-0.15, -0.1) is 5.10 Å². The largest absolute Gasteiger partial charge is 0.460 e. The Morgan fingerprint density at radius 3 is 2.81 bits per heavy atom. The fraction of sp³-hybridized carbons (Fsp3) is 0.278. The second kappa shape index (κ2) is 7.33. The molecular formula is C18H18BrN3O4. The Kier molecular flexibility index (Phi) is 5.13. The number of halogens is 1. The number of carbonyl (C=O) groups excluding carboxylic acids is 2. The average Bonchev–Trinajstić information content (AvgIpc) is 3.17. The van der Waals surface area contributed by atoms with Crippen molar-refractivity contribution in [2.75, 3.05) is 6.61 Å². The Morgan fingerprint density at radius 1 is 1.35 bits per heavy atom. The van der Waals surface area contributed by atoms with Crippen molar-refractivity contribution in [1.82, 2.24) is 10.4 Å². The Morgan fingerprint density at radius 2 is 2.12 bits per heavy atom. The molecule has 2 heterocycles. The fourth-order valence-corrected chi connectivity index (χ4v) is 3.17. The van der Waals surface area contributed by atoms with E-state index in [-0.39, 0.29) is 12.4 Å². The molecule has 8 heteroatoms. The molecule has 2 aromatic rings. The number of hydrogen-bond donors (Lipinski definition) is 2. The Balaban J connectivity index is 1.83. The maximum atomic E-state index is 12.9. The maximum Gasteiger partial charge on any atom is 0.302 e. The van der Waals surface area contributed by atoms with Gasteiger partial charge in [0.25, 0.3) is 5.90 Å². The van der Waals surface area contributed by atoms with E-state index < -0.39 is 12.2 Å². The van der Waals surface area contributed by atoms with E-state index >= 15 is 0 Å². The smallest absolute Gasteiger partial charge is 0.302 e. The Hall–Kier alpha value is -2.61. The van der Waals surface area contributed by atoms with Crippen molar-refractivity contribution in [1.29, 1.82) is 0 Å². The van der Waals surface area contributed by atoms with Gasteiger partial charge in [0.15, 0.2) is 5.78 Å². The molecule has 1 aromatic carbocycles. The second-order valence-electron chi connectivity index (χ2n) is 5.92. The lowest BCUT2D eigenvalue weighted by molar-refractivity contribution is -0.143. The molecule has 0 saturated carbocycles. The third-order valence-corrected chi connectivity index (χ3v) is 4.46. The highest BCUT2D eigenvalue weighted by molar-refractivity contribution is 9.10. The zero-order valence-corrected chi connectivity index (χ0v) is 16.1. The highest BCUT2D eigenvalue weighted by atomic mass is 79.9. The predicted molar refractivity (Wildman–Crippen MR) is 99.0 cm³/mol. The van der Waals surface area contributed by atoms with Gasteiger partial charge in [0.2, 0.25) is 6.23 Å². The number of ether oxygens (including phenoxy) is 2. The van der Waals surface area contributed by atoms with Crippen molar-refractivity contribution >= 4 is 33.6 Å². The highest BCUT2D eigenvalue weighted by Gasteiger charge is 2.28. The SMILES string of the molecule is CC(=O)OCC1NN=C(c2[nH]c(C)c(C(=O)c3cccc(Br)c3)c2C)O1. The van der Waals surface area contributed by atoms with Crippen LogP contribution in [0.5, 0.6) is 0 Å². The number of aromatic amines is 1. The van der Waals surface area contributed by atoms with Crippen LogP contribution in [0.25, 0.3) is 0 Å². The quantitative estimate of drug-likeness (QED) is 0.573. The number of aromatic nitrogens is 1. The average molecular weight is 420 g/mol. The van der Waals surface area contributed by atoms with Crippen molar-refractivity contribution < 1.29 is 19.1 Å². The molecule has 0 bridgehead atoms. The van der Waals surface area contributed by atoms with Gasteiger partial charge in [-0.25, -0.2) is 0 Å². The van der Waals surface area contributed by atoms with Crippen LogP contribution in [0.3, 0.4) is 0 Å². The zero-order chi connectivity index (χ0) is 18.8. The van der Waals surface area contributed by atoms with E-state index in [2.05, 4.69) is 31.4 Å². The van der Waals surface area contributed by atoms with E-state index in [0.717, 1.165) is 15.7 Å². The maximum absolute atomic E-state index is 12.9. The van der Waals surface area contributed by atoms with Gasteiger partial charge in [0.05, 0.1) is 0 Å². The summed E-state index contributed by atoms with van der Waals surface area (Å²) in [5.41, 5.74) is 6.05. The topological polar surface area (TPSA) is 92.8 Å². The number of carbonyl (C=O) groups is 2. The number of rotatable bonds is 5. The van der Waals surface area contributed by atoms with Gasteiger partial charge in [0.1, 0.15) is 12.3 Å². The van der Waals surface area contributed by atoms with Gasteiger partial charge in [-0.05, 0) is 31.5 Å². The molecule has 1 atom stereocenters. The zero-order valence-electron chi connectivity index (χ0n) is 14.6. The molecule has 7 nitrogen and oxygen atoms in total. The van der Waals surface area contributed by atoms with Gasteiger partial charge in [-0.1, -0.05) is 28.1 Å².